The summed E-state index contributed by atoms with van der Waals surface area (Å²) in [5.41, 5.74) is 2.02. The molecule has 0 unspecified atom stereocenters. The fourth-order valence-electron chi connectivity index (χ4n) is 1.79. The van der Waals surface area contributed by atoms with Crippen LogP contribution >= 0.6 is 0 Å². The summed E-state index contributed by atoms with van der Waals surface area (Å²) in [4.78, 5) is 11.8. The van der Waals surface area contributed by atoms with Crippen molar-refractivity contribution in [2.24, 2.45) is 5.41 Å². The number of carbonyl (C=O) groups excluding carboxylic acids is 1. The standard InChI is InChI=1S/C16H25NO3/c1-12-5-6-13(2)14(9-12)20-10-15(19)17-11-16(3,4)7-8-18/h5-6,9,18H,7-8,10-11H2,1-4H3,(H,17,19). The van der Waals surface area contributed by atoms with E-state index in [1.54, 1.807) is 0 Å². The molecule has 0 atom stereocenters. The lowest BCUT2D eigenvalue weighted by atomic mass is 9.90. The second-order valence-corrected chi connectivity index (χ2v) is 5.97. The zero-order chi connectivity index (χ0) is 15.2. The van der Waals surface area contributed by atoms with Crippen LogP contribution in [0.25, 0.3) is 0 Å². The summed E-state index contributed by atoms with van der Waals surface area (Å²) < 4.78 is 5.54. The van der Waals surface area contributed by atoms with Crippen molar-refractivity contribution in [1.29, 1.82) is 0 Å². The Kier molecular flexibility index (Phi) is 6.02. The quantitative estimate of drug-likeness (QED) is 0.804. The molecule has 2 N–H and O–H groups in total. The maximum Gasteiger partial charge on any atom is 0.257 e. The van der Waals surface area contributed by atoms with Crippen molar-refractivity contribution in [1.82, 2.24) is 5.32 Å². The van der Waals surface area contributed by atoms with Crippen LogP contribution in [0.3, 0.4) is 0 Å². The average Bonchev–Trinajstić information content (AvgIpc) is 2.37. The minimum Gasteiger partial charge on any atom is -0.483 e. The van der Waals surface area contributed by atoms with Crippen molar-refractivity contribution >= 4 is 5.91 Å². The number of benzene rings is 1. The van der Waals surface area contributed by atoms with E-state index in [1.165, 1.54) is 0 Å². The molecule has 0 fully saturated rings. The highest BCUT2D eigenvalue weighted by molar-refractivity contribution is 5.77. The Hall–Kier alpha value is -1.55. The van der Waals surface area contributed by atoms with Gasteiger partial charge in [0.15, 0.2) is 6.61 Å². The summed E-state index contributed by atoms with van der Waals surface area (Å²) in [6.45, 7) is 8.63. The zero-order valence-corrected chi connectivity index (χ0v) is 12.8. The molecule has 0 spiro atoms. The second-order valence-electron chi connectivity index (χ2n) is 5.97. The molecular formula is C16H25NO3. The lowest BCUT2D eigenvalue weighted by Gasteiger charge is -2.23. The molecule has 0 aliphatic heterocycles. The monoisotopic (exact) mass is 279 g/mol. The van der Waals surface area contributed by atoms with Gasteiger partial charge in [-0.25, -0.2) is 0 Å². The van der Waals surface area contributed by atoms with Gasteiger partial charge < -0.3 is 15.2 Å². The molecule has 4 heteroatoms. The molecule has 20 heavy (non-hydrogen) atoms. The number of ether oxygens (including phenoxy) is 1. The van der Waals surface area contributed by atoms with Gasteiger partial charge in [0.2, 0.25) is 0 Å². The molecule has 0 aliphatic carbocycles. The number of nitrogens with one attached hydrogen (secondary N) is 1. The Morgan fingerprint density at radius 3 is 2.70 bits per heavy atom. The number of rotatable bonds is 7. The molecule has 0 heterocycles. The van der Waals surface area contributed by atoms with Gasteiger partial charge in [0.1, 0.15) is 5.75 Å². The molecule has 0 radical (unpaired) electrons. The zero-order valence-electron chi connectivity index (χ0n) is 12.8. The van der Waals surface area contributed by atoms with Crippen LogP contribution in [0, 0.1) is 19.3 Å². The topological polar surface area (TPSA) is 58.6 Å². The second kappa shape index (κ2) is 7.29. The number of amides is 1. The number of aryl methyl sites for hydroxylation is 2. The smallest absolute Gasteiger partial charge is 0.257 e. The van der Waals surface area contributed by atoms with E-state index >= 15 is 0 Å². The molecule has 1 rings (SSSR count). The molecule has 1 aromatic rings. The number of carbonyl (C=O) groups is 1. The van der Waals surface area contributed by atoms with E-state index in [1.807, 2.05) is 45.9 Å². The maximum absolute atomic E-state index is 11.8. The maximum atomic E-state index is 11.8. The van der Waals surface area contributed by atoms with E-state index in [9.17, 15) is 4.79 Å². The van der Waals surface area contributed by atoms with Gasteiger partial charge in [-0.3, -0.25) is 4.79 Å². The first kappa shape index (κ1) is 16.5. The molecule has 0 saturated heterocycles. The van der Waals surface area contributed by atoms with Crippen molar-refractivity contribution in [3.05, 3.63) is 29.3 Å². The van der Waals surface area contributed by atoms with E-state index in [4.69, 9.17) is 9.84 Å². The van der Waals surface area contributed by atoms with E-state index in [0.29, 0.717) is 13.0 Å². The van der Waals surface area contributed by atoms with Crippen LogP contribution in [0.2, 0.25) is 0 Å². The third-order valence-corrected chi connectivity index (χ3v) is 3.26. The first-order valence-corrected chi connectivity index (χ1v) is 6.92. The molecule has 1 amide bonds. The van der Waals surface area contributed by atoms with Gasteiger partial charge >= 0.3 is 0 Å². The Labute approximate surface area is 121 Å². The van der Waals surface area contributed by atoms with Crippen LogP contribution in [0.5, 0.6) is 5.75 Å². The van der Waals surface area contributed by atoms with E-state index < -0.39 is 0 Å². The van der Waals surface area contributed by atoms with Gasteiger partial charge in [-0.15, -0.1) is 0 Å². The molecule has 0 aliphatic rings. The number of aliphatic hydroxyl groups is 1. The minimum atomic E-state index is -0.142. The summed E-state index contributed by atoms with van der Waals surface area (Å²) in [7, 11) is 0. The first-order valence-electron chi connectivity index (χ1n) is 6.92. The van der Waals surface area contributed by atoms with Crippen molar-refractivity contribution < 1.29 is 14.6 Å². The highest BCUT2D eigenvalue weighted by atomic mass is 16.5. The van der Waals surface area contributed by atoms with E-state index in [-0.39, 0.29) is 24.5 Å². The summed E-state index contributed by atoms with van der Waals surface area (Å²) in [6.07, 6.45) is 0.658. The molecule has 0 saturated carbocycles. The number of aliphatic hydroxyl groups excluding tert-OH is 1. The molecule has 1 aromatic carbocycles. The Morgan fingerprint density at radius 1 is 1.35 bits per heavy atom. The van der Waals surface area contributed by atoms with Crippen LogP contribution in [0.15, 0.2) is 18.2 Å². The van der Waals surface area contributed by atoms with Crippen LogP contribution < -0.4 is 10.1 Å². The fraction of sp³-hybridized carbons (Fsp3) is 0.562. The summed E-state index contributed by atoms with van der Waals surface area (Å²) in [6, 6.07) is 5.92. The summed E-state index contributed by atoms with van der Waals surface area (Å²) in [5, 5.41) is 11.8. The van der Waals surface area contributed by atoms with Crippen molar-refractivity contribution in [2.45, 2.75) is 34.1 Å². The van der Waals surface area contributed by atoms with Crippen molar-refractivity contribution in [3.63, 3.8) is 0 Å². The highest BCUT2D eigenvalue weighted by Gasteiger charge is 2.18. The number of hydrogen-bond donors (Lipinski definition) is 2. The predicted octanol–water partition coefficient (Wildman–Crippen LogP) is 2.21. The van der Waals surface area contributed by atoms with Crippen LogP contribution in [0.4, 0.5) is 0 Å². The van der Waals surface area contributed by atoms with Gasteiger partial charge in [-0.05, 0) is 42.9 Å². The van der Waals surface area contributed by atoms with Crippen molar-refractivity contribution in [2.75, 3.05) is 19.8 Å². The van der Waals surface area contributed by atoms with E-state index in [0.717, 1.165) is 16.9 Å². The van der Waals surface area contributed by atoms with Gasteiger partial charge in [0, 0.05) is 13.2 Å². The predicted molar refractivity (Wildman–Crippen MR) is 79.9 cm³/mol. The minimum absolute atomic E-state index is 0.0134. The normalized spacial score (nSPS) is 11.2. The summed E-state index contributed by atoms with van der Waals surface area (Å²) in [5.74, 6) is 0.603. The highest BCUT2D eigenvalue weighted by Crippen LogP contribution is 2.19. The fourth-order valence-corrected chi connectivity index (χ4v) is 1.79. The third-order valence-electron chi connectivity index (χ3n) is 3.26. The largest absolute Gasteiger partial charge is 0.483 e. The lowest BCUT2D eigenvalue weighted by Crippen LogP contribution is -2.37. The Balaban J connectivity index is 2.42. The lowest BCUT2D eigenvalue weighted by molar-refractivity contribution is -0.123. The van der Waals surface area contributed by atoms with Gasteiger partial charge in [0.05, 0.1) is 0 Å². The van der Waals surface area contributed by atoms with Crippen molar-refractivity contribution in [3.8, 4) is 5.75 Å². The van der Waals surface area contributed by atoms with Crippen LogP contribution in [0.1, 0.15) is 31.4 Å². The Bertz CT molecular complexity index is 455. The third kappa shape index (κ3) is 5.61. The SMILES string of the molecule is Cc1ccc(C)c(OCC(=O)NCC(C)(C)CCO)c1. The number of hydrogen-bond acceptors (Lipinski definition) is 3. The molecule has 0 aromatic heterocycles. The molecule has 112 valence electrons. The van der Waals surface area contributed by atoms with E-state index in [2.05, 4.69) is 5.32 Å². The molecule has 0 bridgehead atoms. The molecule has 4 nitrogen and oxygen atoms in total. The molecular weight excluding hydrogens is 254 g/mol. The first-order chi connectivity index (χ1) is 9.34. The average molecular weight is 279 g/mol. The van der Waals surface area contributed by atoms with Gasteiger partial charge in [-0.2, -0.15) is 0 Å². The summed E-state index contributed by atoms with van der Waals surface area (Å²) >= 11 is 0. The van der Waals surface area contributed by atoms with Gasteiger partial charge in [-0.1, -0.05) is 26.0 Å². The van der Waals surface area contributed by atoms with Crippen LogP contribution in [-0.4, -0.2) is 30.8 Å². The Morgan fingerprint density at radius 2 is 2.05 bits per heavy atom. The van der Waals surface area contributed by atoms with Crippen LogP contribution in [-0.2, 0) is 4.79 Å². The van der Waals surface area contributed by atoms with Gasteiger partial charge in [0.25, 0.3) is 5.91 Å².